The molecule has 1 saturated carbocycles. The number of amides is 1. The number of hydrogen-bond donors (Lipinski definition) is 1. The predicted molar refractivity (Wildman–Crippen MR) is 133 cm³/mol. The predicted octanol–water partition coefficient (Wildman–Crippen LogP) is 3.02. The summed E-state index contributed by atoms with van der Waals surface area (Å²) in [7, 11) is 0. The van der Waals surface area contributed by atoms with Crippen molar-refractivity contribution >= 4 is 34.6 Å². The average molecular weight is 516 g/mol. The average Bonchev–Trinajstić information content (AvgIpc) is 3.55. The smallest absolute Gasteiger partial charge is 0.410 e. The maximum absolute atomic E-state index is 15.4. The minimum atomic E-state index is -1.36. The summed E-state index contributed by atoms with van der Waals surface area (Å²) in [6, 6.07) is 1.09. The number of rotatable bonds is 5. The molecule has 198 valence electrons. The number of ether oxygens (including phenoxy) is 1. The lowest BCUT2D eigenvalue weighted by molar-refractivity contribution is -0.0104. The molecule has 2 aliphatic heterocycles. The van der Waals surface area contributed by atoms with Crippen LogP contribution in [0.1, 0.15) is 56.9 Å². The molecule has 11 nitrogen and oxygen atoms in total. The number of pyridine rings is 2. The first-order valence-electron chi connectivity index (χ1n) is 12.3. The summed E-state index contributed by atoms with van der Waals surface area (Å²) in [6.07, 6.45) is 2.52. The Morgan fingerprint density at radius 1 is 1.27 bits per heavy atom. The van der Waals surface area contributed by atoms with E-state index in [0.717, 1.165) is 18.9 Å². The number of aromatic carboxylic acids is 1. The fraction of sp³-hybridized carbons (Fsp3) is 0.560. The number of oxime groups is 1. The highest BCUT2D eigenvalue weighted by molar-refractivity contribution is 5.99. The van der Waals surface area contributed by atoms with Crippen molar-refractivity contribution in [1.82, 2.24) is 14.5 Å². The van der Waals surface area contributed by atoms with Crippen LogP contribution in [0, 0.1) is 11.2 Å². The van der Waals surface area contributed by atoms with Gasteiger partial charge in [-0.25, -0.2) is 19.0 Å². The van der Waals surface area contributed by atoms with Gasteiger partial charge < -0.3 is 29.0 Å². The van der Waals surface area contributed by atoms with Gasteiger partial charge in [-0.1, -0.05) is 5.16 Å². The van der Waals surface area contributed by atoms with E-state index in [1.54, 1.807) is 35.1 Å². The van der Waals surface area contributed by atoms with Crippen molar-refractivity contribution in [2.75, 3.05) is 37.7 Å². The molecule has 2 saturated heterocycles. The van der Waals surface area contributed by atoms with E-state index in [0.29, 0.717) is 32.0 Å². The molecule has 0 radical (unpaired) electrons. The van der Waals surface area contributed by atoms with Crippen LogP contribution in [0.4, 0.5) is 15.0 Å². The van der Waals surface area contributed by atoms with Gasteiger partial charge in [-0.15, -0.1) is 0 Å². The molecular weight excluding hydrogens is 485 g/mol. The minimum absolute atomic E-state index is 0.0148. The van der Waals surface area contributed by atoms with Crippen LogP contribution in [0.2, 0.25) is 0 Å². The molecule has 0 unspecified atom stereocenters. The normalized spacial score (nSPS) is 20.0. The van der Waals surface area contributed by atoms with Gasteiger partial charge in [-0.3, -0.25) is 4.79 Å². The second-order valence-corrected chi connectivity index (χ2v) is 10.9. The van der Waals surface area contributed by atoms with E-state index in [-0.39, 0.29) is 29.4 Å². The highest BCUT2D eigenvalue weighted by Gasteiger charge is 2.55. The number of carbonyl (C=O) groups excluding carboxylic acids is 1. The molecule has 4 heterocycles. The van der Waals surface area contributed by atoms with Crippen molar-refractivity contribution in [1.29, 1.82) is 0 Å². The molecule has 0 bridgehead atoms. The van der Waals surface area contributed by atoms with E-state index in [2.05, 4.69) is 10.1 Å². The van der Waals surface area contributed by atoms with Gasteiger partial charge in [0.25, 0.3) is 0 Å². The maximum Gasteiger partial charge on any atom is 0.410 e. The molecule has 0 aromatic carbocycles. The van der Waals surface area contributed by atoms with E-state index < -0.39 is 39.9 Å². The van der Waals surface area contributed by atoms with Crippen molar-refractivity contribution in [2.45, 2.75) is 52.2 Å². The second-order valence-electron chi connectivity index (χ2n) is 10.9. The van der Waals surface area contributed by atoms with Gasteiger partial charge in [0, 0.05) is 31.9 Å². The number of anilines is 1. The van der Waals surface area contributed by atoms with Crippen molar-refractivity contribution < 1.29 is 28.7 Å². The Hall–Kier alpha value is -3.70. The fourth-order valence-corrected chi connectivity index (χ4v) is 4.94. The van der Waals surface area contributed by atoms with Crippen LogP contribution in [0.15, 0.2) is 22.2 Å². The zero-order valence-corrected chi connectivity index (χ0v) is 21.3. The molecule has 2 aromatic rings. The monoisotopic (exact) mass is 515 g/mol. The number of likely N-dealkylation sites (tertiary alicyclic amines) is 1. The van der Waals surface area contributed by atoms with Gasteiger partial charge in [0.15, 0.2) is 11.6 Å². The number of fused-ring (bicyclic) bond motifs is 1. The van der Waals surface area contributed by atoms with Gasteiger partial charge in [0.2, 0.25) is 5.43 Å². The number of carbonyl (C=O) groups is 2. The Bertz CT molecular complexity index is 1370. The number of aromatic nitrogens is 2. The molecule has 1 amide bonds. The van der Waals surface area contributed by atoms with Crippen molar-refractivity contribution in [3.63, 3.8) is 0 Å². The van der Waals surface area contributed by atoms with Crippen LogP contribution >= 0.6 is 0 Å². The summed E-state index contributed by atoms with van der Waals surface area (Å²) in [5.41, 5.74) is -1.41. The SMILES string of the molecule is CCON=C1CN(c2nc3c(cc2F)c(=O)c(C(=O)O)cn3C2CC2)CC12CN(C(=O)OC(C)(C)C)C2. The van der Waals surface area contributed by atoms with Gasteiger partial charge >= 0.3 is 12.1 Å². The Labute approximate surface area is 212 Å². The summed E-state index contributed by atoms with van der Waals surface area (Å²) in [5.74, 6) is -2.05. The largest absolute Gasteiger partial charge is 0.477 e. The zero-order chi connectivity index (χ0) is 26.7. The zero-order valence-electron chi connectivity index (χ0n) is 21.3. The lowest BCUT2D eigenvalue weighted by atomic mass is 9.78. The van der Waals surface area contributed by atoms with E-state index in [1.807, 2.05) is 6.92 Å². The fourth-order valence-electron chi connectivity index (χ4n) is 4.94. The molecule has 5 rings (SSSR count). The van der Waals surface area contributed by atoms with E-state index in [4.69, 9.17) is 9.57 Å². The number of hydrogen-bond acceptors (Lipinski definition) is 8. The first-order valence-corrected chi connectivity index (χ1v) is 12.3. The summed E-state index contributed by atoms with van der Waals surface area (Å²) in [5, 5.41) is 13.7. The lowest BCUT2D eigenvalue weighted by Gasteiger charge is -2.47. The molecule has 1 aliphatic carbocycles. The summed E-state index contributed by atoms with van der Waals surface area (Å²) in [6.45, 7) is 8.83. The Balaban J connectivity index is 1.49. The number of halogens is 1. The first kappa shape index (κ1) is 25.0. The van der Waals surface area contributed by atoms with E-state index in [1.165, 1.54) is 6.20 Å². The molecule has 1 spiro atoms. The number of carboxylic acids is 1. The second kappa shape index (κ2) is 8.70. The lowest BCUT2D eigenvalue weighted by Crippen LogP contribution is -2.63. The highest BCUT2D eigenvalue weighted by Crippen LogP contribution is 2.41. The quantitative estimate of drug-likeness (QED) is 0.602. The molecule has 1 N–H and O–H groups in total. The van der Waals surface area contributed by atoms with Crippen LogP contribution in [0.3, 0.4) is 0 Å². The van der Waals surface area contributed by atoms with Crippen molar-refractivity contribution in [3.05, 3.63) is 33.9 Å². The van der Waals surface area contributed by atoms with Gasteiger partial charge in [-0.05, 0) is 46.6 Å². The summed E-state index contributed by atoms with van der Waals surface area (Å²) in [4.78, 5) is 50.1. The third kappa shape index (κ3) is 4.49. The van der Waals surface area contributed by atoms with Crippen LogP contribution in [0.25, 0.3) is 11.0 Å². The third-order valence-electron chi connectivity index (χ3n) is 6.80. The molecule has 3 aliphatic rings. The topological polar surface area (TPSA) is 127 Å². The van der Waals surface area contributed by atoms with Crippen molar-refractivity contribution in [2.24, 2.45) is 10.6 Å². The van der Waals surface area contributed by atoms with Crippen LogP contribution in [-0.2, 0) is 9.57 Å². The minimum Gasteiger partial charge on any atom is -0.477 e. The standard InChI is InChI=1S/C25H30FN5O6/c1-5-36-28-18-10-29(11-25(18)12-30(13-25)23(35)37-24(2,3)4)21-17(26)8-15-19(32)16(22(33)34)9-31(14-6-7-14)20(15)27-21/h8-9,14H,5-7,10-13H2,1-4H3,(H,33,34). The third-order valence-corrected chi connectivity index (χ3v) is 6.80. The van der Waals surface area contributed by atoms with E-state index >= 15 is 4.39 Å². The Kier molecular flexibility index (Phi) is 5.87. The van der Waals surface area contributed by atoms with E-state index in [9.17, 15) is 19.5 Å². The molecule has 3 fully saturated rings. The van der Waals surface area contributed by atoms with Crippen LogP contribution in [-0.4, -0.2) is 75.7 Å². The summed E-state index contributed by atoms with van der Waals surface area (Å²) >= 11 is 0. The molecule has 37 heavy (non-hydrogen) atoms. The molecular formula is C25H30FN5O6. The first-order chi connectivity index (χ1) is 17.4. The Morgan fingerprint density at radius 3 is 2.57 bits per heavy atom. The highest BCUT2D eigenvalue weighted by atomic mass is 19.1. The van der Waals surface area contributed by atoms with Gasteiger partial charge in [0.05, 0.1) is 23.1 Å². The number of carboxylic acid groups (broad SMARTS) is 1. The van der Waals surface area contributed by atoms with Crippen molar-refractivity contribution in [3.8, 4) is 0 Å². The number of nitrogens with zero attached hydrogens (tertiary/aromatic N) is 5. The molecule has 2 aromatic heterocycles. The molecule has 12 heteroatoms. The summed E-state index contributed by atoms with van der Waals surface area (Å²) < 4.78 is 22.6. The van der Waals surface area contributed by atoms with Gasteiger partial charge in [0.1, 0.15) is 23.4 Å². The van der Waals surface area contributed by atoms with Crippen LogP contribution < -0.4 is 10.3 Å². The maximum atomic E-state index is 15.4. The Morgan fingerprint density at radius 2 is 1.97 bits per heavy atom. The van der Waals surface area contributed by atoms with Gasteiger partial charge in [-0.2, -0.15) is 0 Å². The van der Waals surface area contributed by atoms with Crippen LogP contribution in [0.5, 0.6) is 0 Å². The molecule has 0 atom stereocenters.